The zero-order chi connectivity index (χ0) is 14.5. The molecule has 2 unspecified atom stereocenters. The fraction of sp³-hybridized carbons (Fsp3) is 0.600. The number of anilines is 1. The summed E-state index contributed by atoms with van der Waals surface area (Å²) in [4.78, 5) is 18.4. The Balaban J connectivity index is 2.12. The maximum Gasteiger partial charge on any atom is 0.272 e. The van der Waals surface area contributed by atoms with Crippen LogP contribution in [-0.2, 0) is 0 Å². The van der Waals surface area contributed by atoms with Crippen molar-refractivity contribution in [1.29, 1.82) is 0 Å². The van der Waals surface area contributed by atoms with E-state index in [9.17, 15) is 9.90 Å². The highest BCUT2D eigenvalue weighted by atomic mass is 16.3. The van der Waals surface area contributed by atoms with Gasteiger partial charge in [0.25, 0.3) is 5.91 Å². The van der Waals surface area contributed by atoms with Crippen molar-refractivity contribution in [3.63, 3.8) is 0 Å². The van der Waals surface area contributed by atoms with Crippen LogP contribution in [0.3, 0.4) is 0 Å². The minimum atomic E-state index is -0.0893. The number of carbonyl (C=O) groups is 1. The molecule has 5 nitrogen and oxygen atoms in total. The number of carbonyl (C=O) groups excluding carboxylic acids is 1. The van der Waals surface area contributed by atoms with Crippen molar-refractivity contribution in [2.45, 2.75) is 32.7 Å². The number of hydrogen-bond donors (Lipinski definition) is 2. The fourth-order valence-corrected chi connectivity index (χ4v) is 2.61. The topological polar surface area (TPSA) is 65.5 Å². The van der Waals surface area contributed by atoms with Gasteiger partial charge < -0.3 is 15.3 Å². The van der Waals surface area contributed by atoms with Crippen LogP contribution in [0.15, 0.2) is 18.3 Å². The number of aromatic nitrogens is 1. The third-order valence-electron chi connectivity index (χ3n) is 3.89. The third kappa shape index (κ3) is 3.10. The van der Waals surface area contributed by atoms with E-state index in [0.717, 1.165) is 25.1 Å². The quantitative estimate of drug-likeness (QED) is 0.860. The summed E-state index contributed by atoms with van der Waals surface area (Å²) in [7, 11) is 0. The molecule has 1 aromatic heterocycles. The van der Waals surface area contributed by atoms with E-state index >= 15 is 0 Å². The lowest BCUT2D eigenvalue weighted by atomic mass is 10.0. The Morgan fingerprint density at radius 1 is 1.60 bits per heavy atom. The van der Waals surface area contributed by atoms with Crippen LogP contribution in [0.5, 0.6) is 0 Å². The van der Waals surface area contributed by atoms with Crippen molar-refractivity contribution in [3.8, 4) is 0 Å². The maximum absolute atomic E-state index is 12.5. The molecule has 0 aliphatic carbocycles. The van der Waals surface area contributed by atoms with Gasteiger partial charge in [-0.25, -0.2) is 0 Å². The predicted molar refractivity (Wildman–Crippen MR) is 78.7 cm³/mol. The standard InChI is InChI=1S/C15H23N3O2/c1-3-6-16-12-4-7-17-13(9-12)15(20)18-8-5-11(2)14(18)10-19/h4,7,9,11,14,19H,3,5-6,8,10H2,1-2H3,(H,16,17). The second-order valence-electron chi connectivity index (χ2n) is 5.37. The van der Waals surface area contributed by atoms with Crippen LogP contribution in [0.2, 0.25) is 0 Å². The summed E-state index contributed by atoms with van der Waals surface area (Å²) in [5.74, 6) is 0.249. The smallest absolute Gasteiger partial charge is 0.272 e. The first-order valence-corrected chi connectivity index (χ1v) is 7.29. The molecule has 1 aliphatic rings. The van der Waals surface area contributed by atoms with Crippen LogP contribution in [0.25, 0.3) is 0 Å². The van der Waals surface area contributed by atoms with Crippen molar-refractivity contribution in [2.75, 3.05) is 25.0 Å². The summed E-state index contributed by atoms with van der Waals surface area (Å²) >= 11 is 0. The minimum Gasteiger partial charge on any atom is -0.394 e. The summed E-state index contributed by atoms with van der Waals surface area (Å²) in [6.45, 7) is 5.75. The first kappa shape index (κ1) is 14.8. The number of nitrogens with zero attached hydrogens (tertiary/aromatic N) is 2. The van der Waals surface area contributed by atoms with Crippen molar-refractivity contribution in [2.24, 2.45) is 5.92 Å². The molecule has 1 saturated heterocycles. The number of likely N-dealkylation sites (tertiary alicyclic amines) is 1. The lowest BCUT2D eigenvalue weighted by Crippen LogP contribution is -2.40. The largest absolute Gasteiger partial charge is 0.394 e. The van der Waals surface area contributed by atoms with E-state index in [4.69, 9.17) is 0 Å². The summed E-state index contributed by atoms with van der Waals surface area (Å²) in [6, 6.07) is 3.56. The van der Waals surface area contributed by atoms with Crippen molar-refractivity contribution in [1.82, 2.24) is 9.88 Å². The molecule has 2 atom stereocenters. The number of pyridine rings is 1. The van der Waals surface area contributed by atoms with Gasteiger partial charge in [-0.15, -0.1) is 0 Å². The number of aliphatic hydroxyl groups is 1. The Hall–Kier alpha value is -1.62. The van der Waals surface area contributed by atoms with Gasteiger partial charge in [-0.1, -0.05) is 13.8 Å². The zero-order valence-electron chi connectivity index (χ0n) is 12.2. The summed E-state index contributed by atoms with van der Waals surface area (Å²) < 4.78 is 0. The Bertz CT molecular complexity index is 464. The van der Waals surface area contributed by atoms with E-state index in [1.165, 1.54) is 0 Å². The molecule has 110 valence electrons. The van der Waals surface area contributed by atoms with Crippen molar-refractivity contribution < 1.29 is 9.90 Å². The van der Waals surface area contributed by atoms with Gasteiger partial charge in [-0.05, 0) is 30.9 Å². The zero-order valence-corrected chi connectivity index (χ0v) is 12.2. The van der Waals surface area contributed by atoms with E-state index in [0.29, 0.717) is 18.2 Å². The summed E-state index contributed by atoms with van der Waals surface area (Å²) in [6.07, 6.45) is 3.62. The average molecular weight is 277 g/mol. The van der Waals surface area contributed by atoms with Gasteiger partial charge >= 0.3 is 0 Å². The highest BCUT2D eigenvalue weighted by molar-refractivity contribution is 5.93. The number of aliphatic hydroxyl groups excluding tert-OH is 1. The molecule has 1 fully saturated rings. The number of nitrogens with one attached hydrogen (secondary N) is 1. The first-order chi connectivity index (χ1) is 9.67. The Labute approximate surface area is 120 Å². The highest BCUT2D eigenvalue weighted by Gasteiger charge is 2.34. The molecule has 20 heavy (non-hydrogen) atoms. The van der Waals surface area contributed by atoms with Crippen LogP contribution in [-0.4, -0.2) is 46.6 Å². The van der Waals surface area contributed by atoms with Crippen LogP contribution < -0.4 is 5.32 Å². The molecular formula is C15H23N3O2. The van der Waals surface area contributed by atoms with E-state index in [1.807, 2.05) is 6.07 Å². The van der Waals surface area contributed by atoms with E-state index in [-0.39, 0.29) is 18.6 Å². The predicted octanol–water partition coefficient (Wildman–Crippen LogP) is 1.75. The van der Waals surface area contributed by atoms with Crippen LogP contribution >= 0.6 is 0 Å². The number of rotatable bonds is 5. The minimum absolute atomic E-state index is 0.0146. The normalized spacial score (nSPS) is 22.1. The average Bonchev–Trinajstić information content (AvgIpc) is 2.85. The second-order valence-corrected chi connectivity index (χ2v) is 5.37. The van der Waals surface area contributed by atoms with Gasteiger partial charge in [0.2, 0.25) is 0 Å². The fourth-order valence-electron chi connectivity index (χ4n) is 2.61. The van der Waals surface area contributed by atoms with E-state index in [1.54, 1.807) is 17.2 Å². The molecule has 5 heteroatoms. The van der Waals surface area contributed by atoms with Crippen LogP contribution in [0, 0.1) is 5.92 Å². The van der Waals surface area contributed by atoms with Crippen LogP contribution in [0.1, 0.15) is 37.2 Å². The van der Waals surface area contributed by atoms with Gasteiger partial charge in [-0.3, -0.25) is 9.78 Å². The highest BCUT2D eigenvalue weighted by Crippen LogP contribution is 2.25. The number of hydrogen-bond acceptors (Lipinski definition) is 4. The van der Waals surface area contributed by atoms with Crippen molar-refractivity contribution in [3.05, 3.63) is 24.0 Å². The molecule has 2 N–H and O–H groups in total. The van der Waals surface area contributed by atoms with Crippen LogP contribution in [0.4, 0.5) is 5.69 Å². The molecule has 0 saturated carbocycles. The van der Waals surface area contributed by atoms with Crippen molar-refractivity contribution >= 4 is 11.6 Å². The molecule has 2 heterocycles. The van der Waals surface area contributed by atoms with Gasteiger partial charge in [0.1, 0.15) is 5.69 Å². The molecule has 0 radical (unpaired) electrons. The molecular weight excluding hydrogens is 254 g/mol. The lowest BCUT2D eigenvalue weighted by molar-refractivity contribution is 0.0642. The molecule has 0 spiro atoms. The molecule has 1 amide bonds. The molecule has 0 aromatic carbocycles. The Kier molecular flexibility index (Phi) is 4.95. The molecule has 0 bridgehead atoms. The third-order valence-corrected chi connectivity index (χ3v) is 3.89. The molecule has 1 aliphatic heterocycles. The number of amides is 1. The van der Waals surface area contributed by atoms with Gasteiger partial charge in [0, 0.05) is 25.0 Å². The summed E-state index contributed by atoms with van der Waals surface area (Å²) in [5, 5.41) is 12.7. The van der Waals surface area contributed by atoms with Gasteiger partial charge in [0.05, 0.1) is 12.6 Å². The van der Waals surface area contributed by atoms with E-state index < -0.39 is 0 Å². The van der Waals surface area contributed by atoms with E-state index in [2.05, 4.69) is 24.1 Å². The Morgan fingerprint density at radius 3 is 3.10 bits per heavy atom. The van der Waals surface area contributed by atoms with Gasteiger partial charge in [-0.2, -0.15) is 0 Å². The maximum atomic E-state index is 12.5. The first-order valence-electron chi connectivity index (χ1n) is 7.29. The molecule has 2 rings (SSSR count). The SMILES string of the molecule is CCCNc1ccnc(C(=O)N2CCC(C)C2CO)c1. The monoisotopic (exact) mass is 277 g/mol. The lowest BCUT2D eigenvalue weighted by Gasteiger charge is -2.25. The van der Waals surface area contributed by atoms with Gasteiger partial charge in [0.15, 0.2) is 0 Å². The Morgan fingerprint density at radius 2 is 2.40 bits per heavy atom. The summed E-state index contributed by atoms with van der Waals surface area (Å²) in [5.41, 5.74) is 1.36. The molecule has 1 aromatic rings. The second kappa shape index (κ2) is 6.70.